The van der Waals surface area contributed by atoms with Crippen molar-refractivity contribution in [3.63, 3.8) is 0 Å². The maximum atomic E-state index is 13.9. The Kier molecular flexibility index (Phi) is 5.29. The van der Waals surface area contributed by atoms with Gasteiger partial charge in [-0.1, -0.05) is 24.3 Å². The number of carbonyl (C=O) groups is 2. The van der Waals surface area contributed by atoms with Crippen molar-refractivity contribution in [3.8, 4) is 0 Å². The van der Waals surface area contributed by atoms with Gasteiger partial charge in [-0.3, -0.25) is 4.79 Å². The van der Waals surface area contributed by atoms with Crippen LogP contribution in [0.5, 0.6) is 0 Å². The van der Waals surface area contributed by atoms with Gasteiger partial charge in [0, 0.05) is 32.6 Å². The van der Waals surface area contributed by atoms with Gasteiger partial charge in [-0.2, -0.15) is 4.31 Å². The summed E-state index contributed by atoms with van der Waals surface area (Å²) in [5.41, 5.74) is 1.13. The van der Waals surface area contributed by atoms with E-state index in [0.29, 0.717) is 11.1 Å². The first-order valence-electron chi connectivity index (χ1n) is 9.31. The summed E-state index contributed by atoms with van der Waals surface area (Å²) in [5.74, 6) is -3.33. The highest BCUT2D eigenvalue weighted by atomic mass is 32.2. The average molecular weight is 436 g/mol. The average Bonchev–Trinajstić information content (AvgIpc) is 2.73. The van der Waals surface area contributed by atoms with Crippen molar-refractivity contribution < 1.29 is 31.5 Å². The molecule has 0 bridgehead atoms. The fourth-order valence-electron chi connectivity index (χ4n) is 3.68. The molecule has 1 amide bonds. The number of amides is 1. The Hall–Kier alpha value is -2.85. The number of halogens is 2. The molecule has 7 nitrogen and oxygen atoms in total. The van der Waals surface area contributed by atoms with Crippen molar-refractivity contribution in [2.45, 2.75) is 17.4 Å². The molecule has 0 radical (unpaired) electrons. The fraction of sp³-hybridized carbons (Fsp3) is 0.300. The van der Waals surface area contributed by atoms with Crippen LogP contribution in [0.4, 0.5) is 8.78 Å². The van der Waals surface area contributed by atoms with Crippen LogP contribution in [0, 0.1) is 11.6 Å². The second kappa shape index (κ2) is 7.77. The molecule has 0 aliphatic carbocycles. The lowest BCUT2D eigenvalue weighted by atomic mass is 9.98. The first-order chi connectivity index (χ1) is 14.3. The summed E-state index contributed by atoms with van der Waals surface area (Å²) >= 11 is 0. The Labute approximate surface area is 171 Å². The summed E-state index contributed by atoms with van der Waals surface area (Å²) in [6.07, 6.45) is -0.751. The van der Waals surface area contributed by atoms with Crippen LogP contribution in [0.25, 0.3) is 0 Å². The predicted molar refractivity (Wildman–Crippen MR) is 101 cm³/mol. The lowest BCUT2D eigenvalue weighted by molar-refractivity contribution is -0.142. The molecular formula is C20H18F2N2O5S. The third kappa shape index (κ3) is 3.56. The third-order valence-electron chi connectivity index (χ3n) is 5.23. The second-order valence-corrected chi connectivity index (χ2v) is 8.91. The highest BCUT2D eigenvalue weighted by Crippen LogP contribution is 2.25. The molecule has 0 N–H and O–H groups in total. The molecule has 0 saturated carbocycles. The molecule has 2 aromatic carbocycles. The lowest BCUT2D eigenvalue weighted by Crippen LogP contribution is -2.54. The Morgan fingerprint density at radius 2 is 1.60 bits per heavy atom. The molecule has 30 heavy (non-hydrogen) atoms. The van der Waals surface area contributed by atoms with Crippen molar-refractivity contribution in [3.05, 3.63) is 65.2 Å². The second-order valence-electron chi connectivity index (χ2n) is 7.04. The summed E-state index contributed by atoms with van der Waals surface area (Å²) in [5, 5.41) is 0. The number of hydrogen-bond acceptors (Lipinski definition) is 5. The van der Waals surface area contributed by atoms with E-state index in [1.807, 2.05) is 0 Å². The van der Waals surface area contributed by atoms with E-state index in [2.05, 4.69) is 0 Å². The van der Waals surface area contributed by atoms with Gasteiger partial charge < -0.3 is 9.64 Å². The molecule has 158 valence electrons. The Morgan fingerprint density at radius 3 is 2.27 bits per heavy atom. The monoisotopic (exact) mass is 436 g/mol. The Morgan fingerprint density at radius 1 is 0.967 bits per heavy atom. The molecule has 0 spiro atoms. The zero-order valence-corrected chi connectivity index (χ0v) is 16.6. The van der Waals surface area contributed by atoms with Gasteiger partial charge in [0.25, 0.3) is 5.91 Å². The van der Waals surface area contributed by atoms with Crippen molar-refractivity contribution in [1.29, 1.82) is 0 Å². The van der Waals surface area contributed by atoms with Gasteiger partial charge in [-0.15, -0.1) is 0 Å². The molecule has 2 aliphatic heterocycles. The van der Waals surface area contributed by atoms with Crippen molar-refractivity contribution >= 4 is 21.9 Å². The van der Waals surface area contributed by atoms with E-state index in [0.717, 1.165) is 22.5 Å². The molecule has 4 rings (SSSR count). The molecule has 1 saturated heterocycles. The van der Waals surface area contributed by atoms with Crippen LogP contribution < -0.4 is 0 Å². The van der Waals surface area contributed by atoms with Crippen LogP contribution in [-0.2, 0) is 26.0 Å². The van der Waals surface area contributed by atoms with E-state index in [-0.39, 0.29) is 32.6 Å². The molecule has 1 fully saturated rings. The van der Waals surface area contributed by atoms with E-state index in [4.69, 9.17) is 4.74 Å². The molecule has 0 aromatic heterocycles. The molecule has 2 heterocycles. The van der Waals surface area contributed by atoms with Crippen LogP contribution in [0.2, 0.25) is 0 Å². The van der Waals surface area contributed by atoms with Gasteiger partial charge in [0.2, 0.25) is 10.0 Å². The van der Waals surface area contributed by atoms with Crippen molar-refractivity contribution in [1.82, 2.24) is 9.21 Å². The quantitative estimate of drug-likeness (QED) is 0.683. The predicted octanol–water partition coefficient (Wildman–Crippen LogP) is 1.58. The number of rotatable bonds is 3. The van der Waals surface area contributed by atoms with Gasteiger partial charge in [0.1, 0.15) is 11.6 Å². The summed E-state index contributed by atoms with van der Waals surface area (Å²) in [4.78, 5) is 25.3. The molecule has 0 unspecified atom stereocenters. The highest BCUT2D eigenvalue weighted by Gasteiger charge is 2.38. The smallest absolute Gasteiger partial charge is 0.339 e. The van der Waals surface area contributed by atoms with E-state index in [1.54, 1.807) is 24.3 Å². The molecule has 2 aliphatic rings. The number of sulfonamides is 1. The number of esters is 1. The minimum Gasteiger partial charge on any atom is -0.448 e. The minimum atomic E-state index is -4.39. The molecule has 1 atom stereocenters. The largest absolute Gasteiger partial charge is 0.448 e. The number of benzene rings is 2. The number of carbonyl (C=O) groups excluding carboxylic acids is 2. The van der Waals surface area contributed by atoms with Gasteiger partial charge >= 0.3 is 5.97 Å². The van der Waals surface area contributed by atoms with Crippen LogP contribution >= 0.6 is 0 Å². The number of ether oxygens (including phenoxy) is 1. The SMILES string of the molecule is O=C1O[C@H](C(=O)N2CCN(S(=O)(=O)c3c(F)cccc3F)CC2)Cc2ccccc21. The number of fused-ring (bicyclic) bond motifs is 1. The van der Waals surface area contributed by atoms with Crippen molar-refractivity contribution in [2.75, 3.05) is 26.2 Å². The van der Waals surface area contributed by atoms with Gasteiger partial charge in [-0.25, -0.2) is 22.0 Å². The first-order valence-corrected chi connectivity index (χ1v) is 10.7. The highest BCUT2D eigenvalue weighted by molar-refractivity contribution is 7.89. The Bertz CT molecular complexity index is 1090. The fourth-order valence-corrected chi connectivity index (χ4v) is 5.21. The molecular weight excluding hydrogens is 418 g/mol. The zero-order valence-electron chi connectivity index (χ0n) is 15.8. The third-order valence-corrected chi connectivity index (χ3v) is 7.19. The van der Waals surface area contributed by atoms with E-state index >= 15 is 0 Å². The van der Waals surface area contributed by atoms with E-state index in [9.17, 15) is 26.8 Å². The van der Waals surface area contributed by atoms with E-state index < -0.39 is 44.5 Å². The zero-order chi connectivity index (χ0) is 21.5. The number of nitrogens with zero attached hydrogens (tertiary/aromatic N) is 2. The van der Waals surface area contributed by atoms with Gasteiger partial charge in [0.05, 0.1) is 5.56 Å². The summed E-state index contributed by atoms with van der Waals surface area (Å²) in [6.45, 7) is -0.216. The number of piperazine rings is 1. The summed E-state index contributed by atoms with van der Waals surface area (Å²) < 4.78 is 59.4. The maximum Gasteiger partial charge on any atom is 0.339 e. The molecule has 2 aromatic rings. The van der Waals surface area contributed by atoms with Crippen LogP contribution in [0.15, 0.2) is 47.4 Å². The topological polar surface area (TPSA) is 84.0 Å². The van der Waals surface area contributed by atoms with Gasteiger partial charge in [0.15, 0.2) is 11.0 Å². The summed E-state index contributed by atoms with van der Waals surface area (Å²) in [6, 6.07) is 9.71. The molecule has 10 heteroatoms. The van der Waals surface area contributed by atoms with Crippen LogP contribution in [0.1, 0.15) is 15.9 Å². The van der Waals surface area contributed by atoms with Gasteiger partial charge in [-0.05, 0) is 23.8 Å². The van der Waals surface area contributed by atoms with Crippen LogP contribution in [0.3, 0.4) is 0 Å². The number of hydrogen-bond donors (Lipinski definition) is 0. The van der Waals surface area contributed by atoms with E-state index in [1.165, 1.54) is 4.90 Å². The summed E-state index contributed by atoms with van der Waals surface area (Å²) in [7, 11) is -4.39. The Balaban J connectivity index is 1.45. The number of cyclic esters (lactones) is 1. The minimum absolute atomic E-state index is 0.0177. The first kappa shape index (κ1) is 20.4. The standard InChI is InChI=1S/C20H18F2N2O5S/c21-15-6-3-7-16(22)18(15)30(27,28)24-10-8-23(9-11-24)19(25)17-12-13-4-1-2-5-14(13)20(26)29-17/h1-7,17H,8-12H2/t17-/m0/s1. The van der Waals surface area contributed by atoms with Crippen molar-refractivity contribution in [2.24, 2.45) is 0 Å². The normalized spacial score (nSPS) is 19.9. The van der Waals surface area contributed by atoms with Crippen LogP contribution in [-0.4, -0.2) is 61.8 Å². The maximum absolute atomic E-state index is 13.9. The lowest BCUT2D eigenvalue weighted by Gasteiger charge is -2.36.